The van der Waals surface area contributed by atoms with Crippen molar-refractivity contribution in [1.29, 1.82) is 0 Å². The van der Waals surface area contributed by atoms with Crippen molar-refractivity contribution in [3.05, 3.63) is 36.0 Å². The molecule has 0 N–H and O–H groups in total. The highest BCUT2D eigenvalue weighted by molar-refractivity contribution is 6.18. The van der Waals surface area contributed by atoms with Gasteiger partial charge in [-0.15, -0.1) is 0 Å². The first-order chi connectivity index (χ1) is 8.38. The van der Waals surface area contributed by atoms with E-state index in [1.54, 1.807) is 19.5 Å². The Morgan fingerprint density at radius 2 is 1.76 bits per heavy atom. The molecule has 0 atom stereocenters. The molecule has 3 heteroatoms. The van der Waals surface area contributed by atoms with E-state index < -0.39 is 0 Å². The van der Waals surface area contributed by atoms with Crippen LogP contribution in [0.2, 0.25) is 0 Å². The van der Waals surface area contributed by atoms with Crippen molar-refractivity contribution in [2.45, 2.75) is 25.7 Å². The Bertz CT molecular complexity index is 383. The number of nitrogens with zero attached hydrogens (tertiary/aromatic N) is 2. The quantitative estimate of drug-likeness (QED) is 0.545. The van der Waals surface area contributed by atoms with Crippen LogP contribution in [0.15, 0.2) is 34.3 Å². The molecule has 0 aromatic heterocycles. The second kappa shape index (κ2) is 6.09. The monoisotopic (exact) mass is 229 g/mol. The van der Waals surface area contributed by atoms with E-state index >= 15 is 0 Å². The number of unbranched alkanes of at least 4 members (excludes halogenated alkanes) is 1. The third-order valence-corrected chi connectivity index (χ3v) is 2.79. The fourth-order valence-electron chi connectivity index (χ4n) is 1.81. The van der Waals surface area contributed by atoms with Gasteiger partial charge in [0.1, 0.15) is 5.75 Å². The Kier molecular flexibility index (Phi) is 4.19. The maximum Gasteiger partial charge on any atom is 0.240 e. The zero-order chi connectivity index (χ0) is 11.9. The molecule has 1 heterocycles. The summed E-state index contributed by atoms with van der Waals surface area (Å²) in [5, 5.41) is 0. The summed E-state index contributed by atoms with van der Waals surface area (Å²) >= 11 is 0. The smallest absolute Gasteiger partial charge is 0.240 e. The van der Waals surface area contributed by atoms with Crippen molar-refractivity contribution in [3.8, 4) is 5.75 Å². The number of ether oxygens (including phenoxy) is 1. The summed E-state index contributed by atoms with van der Waals surface area (Å²) in [4.78, 5) is 8.31. The van der Waals surface area contributed by atoms with Crippen LogP contribution in [-0.2, 0) is 6.42 Å². The highest BCUT2D eigenvalue weighted by Crippen LogP contribution is 2.18. The largest absolute Gasteiger partial charge is 0.497 e. The lowest BCUT2D eigenvalue weighted by Crippen LogP contribution is -1.90. The van der Waals surface area contributed by atoms with Gasteiger partial charge in [0.05, 0.1) is 13.5 Å². The van der Waals surface area contributed by atoms with Gasteiger partial charge in [-0.1, -0.05) is 22.1 Å². The Balaban J connectivity index is 1.67. The topological polar surface area (TPSA) is 34.0 Å². The molecule has 0 radical (unpaired) electrons. The highest BCUT2D eigenvalue weighted by Gasteiger charge is 2.14. The number of aryl methyl sites for hydroxylation is 1. The summed E-state index contributed by atoms with van der Waals surface area (Å²) in [6, 6.07) is 8.26. The van der Waals surface area contributed by atoms with Crippen molar-refractivity contribution < 1.29 is 4.74 Å². The van der Waals surface area contributed by atoms with Gasteiger partial charge in [0.2, 0.25) is 6.17 Å². The molecule has 17 heavy (non-hydrogen) atoms. The first-order valence-electron chi connectivity index (χ1n) is 5.94. The fraction of sp³-hybridized carbons (Fsp3) is 0.357. The molecule has 0 unspecified atom stereocenters. The van der Waals surface area contributed by atoms with Crippen molar-refractivity contribution in [3.63, 3.8) is 0 Å². The summed E-state index contributed by atoms with van der Waals surface area (Å²) in [5.74, 6) is 0.916. The second-order valence-corrected chi connectivity index (χ2v) is 4.03. The molecule has 1 aromatic rings. The molecule has 1 aliphatic rings. The van der Waals surface area contributed by atoms with Crippen molar-refractivity contribution in [1.82, 2.24) is 0 Å². The highest BCUT2D eigenvalue weighted by atomic mass is 16.5. The summed E-state index contributed by atoms with van der Waals surface area (Å²) in [5.41, 5.74) is 1.36. The predicted molar refractivity (Wildman–Crippen MR) is 70.8 cm³/mol. The third kappa shape index (κ3) is 3.63. The lowest BCUT2D eigenvalue weighted by atomic mass is 10.1. The van der Waals surface area contributed by atoms with Gasteiger partial charge in [-0.3, -0.25) is 0 Å². The van der Waals surface area contributed by atoms with E-state index in [4.69, 9.17) is 4.74 Å². The summed E-state index contributed by atoms with van der Waals surface area (Å²) < 4.78 is 5.13. The molecule has 0 saturated heterocycles. The summed E-state index contributed by atoms with van der Waals surface area (Å²) in [6.07, 6.45) is 8.84. The average Bonchev–Trinajstić information content (AvgIpc) is 2.88. The molecule has 0 fully saturated rings. The molecule has 0 bridgehead atoms. The van der Waals surface area contributed by atoms with Gasteiger partial charge in [-0.25, -0.2) is 0 Å². The van der Waals surface area contributed by atoms with Gasteiger partial charge in [-0.05, 0) is 37.0 Å². The number of benzene rings is 1. The Morgan fingerprint density at radius 1 is 1.06 bits per heavy atom. The molecule has 1 aliphatic heterocycles. The van der Waals surface area contributed by atoms with Gasteiger partial charge in [0, 0.05) is 0 Å². The Labute approximate surface area is 102 Å². The first kappa shape index (κ1) is 11.7. The van der Waals surface area contributed by atoms with Crippen LogP contribution in [0.1, 0.15) is 24.8 Å². The van der Waals surface area contributed by atoms with E-state index in [-0.39, 0.29) is 0 Å². The van der Waals surface area contributed by atoms with Crippen LogP contribution in [-0.4, -0.2) is 19.5 Å². The van der Waals surface area contributed by atoms with Crippen molar-refractivity contribution >= 4 is 12.4 Å². The molecule has 0 spiro atoms. The maximum atomic E-state index is 5.13. The van der Waals surface area contributed by atoms with Crippen molar-refractivity contribution in [2.24, 2.45) is 9.98 Å². The minimum atomic E-state index is 0.916. The van der Waals surface area contributed by atoms with Crippen LogP contribution in [0.4, 0.5) is 0 Å². The minimum absolute atomic E-state index is 0.916. The van der Waals surface area contributed by atoms with Gasteiger partial charge in [0.25, 0.3) is 0 Å². The number of methoxy groups -OCH3 is 1. The van der Waals surface area contributed by atoms with E-state index in [1.807, 2.05) is 12.1 Å². The molecule has 3 nitrogen and oxygen atoms in total. The Morgan fingerprint density at radius 3 is 2.41 bits per heavy atom. The number of hydrogen-bond donors (Lipinski definition) is 0. The normalized spacial score (nSPS) is 13.4. The lowest BCUT2D eigenvalue weighted by Gasteiger charge is -2.03. The van der Waals surface area contributed by atoms with E-state index in [0.717, 1.165) is 31.2 Å². The molecular formula is C14H17N2O+. The van der Waals surface area contributed by atoms with Gasteiger partial charge >= 0.3 is 0 Å². The van der Waals surface area contributed by atoms with E-state index in [2.05, 4.69) is 22.1 Å². The van der Waals surface area contributed by atoms with Crippen LogP contribution < -0.4 is 4.74 Å². The number of aliphatic imine (C=N–C) groups is 2. The minimum Gasteiger partial charge on any atom is -0.497 e. The molecule has 1 aromatic carbocycles. The SMILES string of the molecule is COc1ccc(CCCC[C+]2N=CC=N2)cc1. The molecule has 88 valence electrons. The van der Waals surface area contributed by atoms with E-state index in [9.17, 15) is 0 Å². The molecule has 0 saturated carbocycles. The first-order valence-corrected chi connectivity index (χ1v) is 5.94. The number of rotatable bonds is 6. The Hall–Kier alpha value is -1.77. The second-order valence-electron chi connectivity index (χ2n) is 4.03. The fourth-order valence-corrected chi connectivity index (χ4v) is 1.81. The molecule has 0 aliphatic carbocycles. The predicted octanol–water partition coefficient (Wildman–Crippen LogP) is 3.05. The van der Waals surface area contributed by atoms with E-state index in [0.29, 0.717) is 0 Å². The summed E-state index contributed by atoms with van der Waals surface area (Å²) in [7, 11) is 1.69. The lowest BCUT2D eigenvalue weighted by molar-refractivity contribution is 0.414. The maximum absolute atomic E-state index is 5.13. The zero-order valence-electron chi connectivity index (χ0n) is 10.1. The molecule has 0 amide bonds. The van der Waals surface area contributed by atoms with E-state index in [1.165, 1.54) is 12.0 Å². The van der Waals surface area contributed by atoms with Gasteiger partial charge in [0.15, 0.2) is 12.4 Å². The van der Waals surface area contributed by atoms with Crippen LogP contribution >= 0.6 is 0 Å². The number of hydrogen-bond acceptors (Lipinski definition) is 3. The van der Waals surface area contributed by atoms with Crippen LogP contribution in [0.5, 0.6) is 5.75 Å². The summed E-state index contributed by atoms with van der Waals surface area (Å²) in [6.45, 7) is 0. The molecule has 2 rings (SSSR count). The van der Waals surface area contributed by atoms with Crippen LogP contribution in [0, 0.1) is 6.17 Å². The third-order valence-electron chi connectivity index (χ3n) is 2.79. The average molecular weight is 229 g/mol. The van der Waals surface area contributed by atoms with Gasteiger partial charge < -0.3 is 4.74 Å². The van der Waals surface area contributed by atoms with Crippen LogP contribution in [0.3, 0.4) is 0 Å². The standard InChI is InChI=1S/C14H17N2O/c1-17-13-8-6-12(7-9-13)4-2-3-5-14-15-10-11-16-14/h6-11H,2-5H2,1H3/q+1. The zero-order valence-corrected chi connectivity index (χ0v) is 10.1. The van der Waals surface area contributed by atoms with Crippen LogP contribution in [0.25, 0.3) is 0 Å². The van der Waals surface area contributed by atoms with Gasteiger partial charge in [-0.2, -0.15) is 0 Å². The molecular weight excluding hydrogens is 212 g/mol. The van der Waals surface area contributed by atoms with Crippen molar-refractivity contribution in [2.75, 3.05) is 7.11 Å².